The summed E-state index contributed by atoms with van der Waals surface area (Å²) in [6, 6.07) is 12.5. The van der Waals surface area contributed by atoms with Gasteiger partial charge in [0, 0.05) is 37.2 Å². The average Bonchev–Trinajstić information content (AvgIpc) is 2.89. The molecule has 0 spiro atoms. The Balaban J connectivity index is 1.62. The molecule has 1 fully saturated rings. The Bertz CT molecular complexity index is 767. The first-order valence-corrected chi connectivity index (χ1v) is 9.46. The lowest BCUT2D eigenvalue weighted by Crippen LogP contribution is -2.35. The van der Waals surface area contributed by atoms with Crippen LogP contribution in [-0.4, -0.2) is 49.0 Å². The first-order valence-electron chi connectivity index (χ1n) is 8.66. The number of nitrogens with zero attached hydrogens (tertiary/aromatic N) is 2. The normalized spacial score (nSPS) is 15.6. The van der Waals surface area contributed by atoms with Crippen molar-refractivity contribution >= 4 is 21.8 Å². The van der Waals surface area contributed by atoms with Crippen LogP contribution in [0.1, 0.15) is 22.3 Å². The van der Waals surface area contributed by atoms with E-state index in [4.69, 9.17) is 4.74 Å². The molecule has 1 amide bonds. The number of hydrogen-bond acceptors (Lipinski definition) is 3. The van der Waals surface area contributed by atoms with Crippen LogP contribution in [0, 0.1) is 5.82 Å². The van der Waals surface area contributed by atoms with E-state index < -0.39 is 5.82 Å². The molecular formula is C20H22BrFN2O2. The fraction of sp³-hybridized carbons (Fsp3) is 0.350. The Hall–Kier alpha value is -1.92. The molecule has 4 nitrogen and oxygen atoms in total. The summed E-state index contributed by atoms with van der Waals surface area (Å²) in [6.45, 7) is 3.76. The molecule has 1 aliphatic rings. The van der Waals surface area contributed by atoms with Gasteiger partial charge < -0.3 is 9.64 Å². The first-order chi connectivity index (χ1) is 12.6. The quantitative estimate of drug-likeness (QED) is 0.750. The van der Waals surface area contributed by atoms with Crippen LogP contribution in [0.15, 0.2) is 46.9 Å². The van der Waals surface area contributed by atoms with E-state index in [0.717, 1.165) is 31.8 Å². The van der Waals surface area contributed by atoms with Gasteiger partial charge >= 0.3 is 0 Å². The number of benzene rings is 2. The molecule has 0 aliphatic carbocycles. The van der Waals surface area contributed by atoms with Gasteiger partial charge in [-0.05, 0) is 42.3 Å². The number of rotatable bonds is 4. The molecule has 1 saturated heterocycles. The fourth-order valence-electron chi connectivity index (χ4n) is 3.15. The van der Waals surface area contributed by atoms with Crippen molar-refractivity contribution in [1.82, 2.24) is 9.80 Å². The predicted octanol–water partition coefficient (Wildman–Crippen LogP) is 3.94. The second-order valence-corrected chi connectivity index (χ2v) is 7.31. The molecule has 0 radical (unpaired) electrons. The van der Waals surface area contributed by atoms with Crippen LogP contribution in [0.5, 0.6) is 5.75 Å². The second-order valence-electron chi connectivity index (χ2n) is 6.39. The second kappa shape index (κ2) is 8.64. The van der Waals surface area contributed by atoms with E-state index in [1.807, 2.05) is 12.1 Å². The van der Waals surface area contributed by atoms with Gasteiger partial charge in [-0.25, -0.2) is 4.39 Å². The number of ether oxygens (including phenoxy) is 1. The van der Waals surface area contributed by atoms with Gasteiger partial charge in [-0.3, -0.25) is 9.69 Å². The van der Waals surface area contributed by atoms with Gasteiger partial charge in [0.1, 0.15) is 11.6 Å². The van der Waals surface area contributed by atoms with E-state index in [9.17, 15) is 9.18 Å². The van der Waals surface area contributed by atoms with E-state index in [-0.39, 0.29) is 11.5 Å². The van der Waals surface area contributed by atoms with E-state index in [2.05, 4.69) is 33.0 Å². The number of amides is 1. The van der Waals surface area contributed by atoms with Gasteiger partial charge in [-0.2, -0.15) is 0 Å². The highest BCUT2D eigenvalue weighted by atomic mass is 79.9. The van der Waals surface area contributed by atoms with Crippen LogP contribution >= 0.6 is 15.9 Å². The highest BCUT2D eigenvalue weighted by molar-refractivity contribution is 9.10. The van der Waals surface area contributed by atoms with Gasteiger partial charge in [0.25, 0.3) is 5.91 Å². The third-order valence-electron chi connectivity index (χ3n) is 4.60. The van der Waals surface area contributed by atoms with Gasteiger partial charge in [0.05, 0.1) is 12.7 Å². The number of hydrogen-bond donors (Lipinski definition) is 0. The molecule has 26 heavy (non-hydrogen) atoms. The molecule has 0 atom stereocenters. The largest absolute Gasteiger partial charge is 0.497 e. The maximum absolute atomic E-state index is 14.0. The molecule has 0 N–H and O–H groups in total. The summed E-state index contributed by atoms with van der Waals surface area (Å²) in [7, 11) is 1.66. The SMILES string of the molecule is COc1ccc(CN2CCCN(C(=O)c3cc(Br)ccc3F)CC2)cc1. The molecular weight excluding hydrogens is 399 g/mol. The van der Waals surface area contributed by atoms with Crippen LogP contribution in [0.2, 0.25) is 0 Å². The molecule has 2 aromatic carbocycles. The lowest BCUT2D eigenvalue weighted by molar-refractivity contribution is 0.0756. The number of carbonyl (C=O) groups excluding carboxylic acids is 1. The minimum Gasteiger partial charge on any atom is -0.497 e. The van der Waals surface area contributed by atoms with Crippen LogP contribution < -0.4 is 4.74 Å². The lowest BCUT2D eigenvalue weighted by atomic mass is 10.2. The smallest absolute Gasteiger partial charge is 0.256 e. The lowest BCUT2D eigenvalue weighted by Gasteiger charge is -2.22. The van der Waals surface area contributed by atoms with Crippen molar-refractivity contribution in [2.75, 3.05) is 33.3 Å². The zero-order valence-corrected chi connectivity index (χ0v) is 16.3. The first kappa shape index (κ1) is 18.9. The molecule has 3 rings (SSSR count). The Morgan fingerprint density at radius 1 is 1.12 bits per heavy atom. The third kappa shape index (κ3) is 4.62. The van der Waals surface area contributed by atoms with Crippen LogP contribution in [-0.2, 0) is 6.54 Å². The van der Waals surface area contributed by atoms with Crippen molar-refractivity contribution in [3.63, 3.8) is 0 Å². The molecule has 0 bridgehead atoms. The summed E-state index contributed by atoms with van der Waals surface area (Å²) in [5.41, 5.74) is 1.34. The van der Waals surface area contributed by atoms with Crippen molar-refractivity contribution in [2.45, 2.75) is 13.0 Å². The topological polar surface area (TPSA) is 32.8 Å². The van der Waals surface area contributed by atoms with Gasteiger partial charge in [-0.1, -0.05) is 28.1 Å². The molecule has 1 aliphatic heterocycles. The summed E-state index contributed by atoms with van der Waals surface area (Å²) in [5.74, 6) is 0.130. The fourth-order valence-corrected chi connectivity index (χ4v) is 3.51. The molecule has 2 aromatic rings. The van der Waals surface area contributed by atoms with Crippen molar-refractivity contribution in [3.05, 3.63) is 63.9 Å². The monoisotopic (exact) mass is 420 g/mol. The van der Waals surface area contributed by atoms with Crippen molar-refractivity contribution < 1.29 is 13.9 Å². The highest BCUT2D eigenvalue weighted by Crippen LogP contribution is 2.19. The summed E-state index contributed by atoms with van der Waals surface area (Å²) >= 11 is 3.31. The predicted molar refractivity (Wildman–Crippen MR) is 103 cm³/mol. The Morgan fingerprint density at radius 3 is 2.62 bits per heavy atom. The molecule has 1 heterocycles. The Labute approximate surface area is 161 Å². The van der Waals surface area contributed by atoms with E-state index in [0.29, 0.717) is 17.6 Å². The molecule has 0 aromatic heterocycles. The van der Waals surface area contributed by atoms with Gasteiger partial charge in [0.15, 0.2) is 0 Å². The van der Waals surface area contributed by atoms with Crippen LogP contribution in [0.25, 0.3) is 0 Å². The third-order valence-corrected chi connectivity index (χ3v) is 5.09. The average molecular weight is 421 g/mol. The number of methoxy groups -OCH3 is 1. The molecule has 6 heteroatoms. The summed E-state index contributed by atoms with van der Waals surface area (Å²) in [4.78, 5) is 16.8. The number of carbonyl (C=O) groups is 1. The van der Waals surface area contributed by atoms with Crippen molar-refractivity contribution in [1.29, 1.82) is 0 Å². The zero-order valence-electron chi connectivity index (χ0n) is 14.8. The van der Waals surface area contributed by atoms with Crippen molar-refractivity contribution in [2.24, 2.45) is 0 Å². The van der Waals surface area contributed by atoms with E-state index >= 15 is 0 Å². The highest BCUT2D eigenvalue weighted by Gasteiger charge is 2.22. The van der Waals surface area contributed by atoms with E-state index in [1.165, 1.54) is 11.6 Å². The standard InChI is InChI=1S/C20H22BrFN2O2/c1-26-17-6-3-15(4-7-17)14-23-9-2-10-24(12-11-23)20(25)18-13-16(21)5-8-19(18)22/h3-8,13H,2,9-12,14H2,1H3. The van der Waals surface area contributed by atoms with Crippen LogP contribution in [0.3, 0.4) is 0 Å². The van der Waals surface area contributed by atoms with Gasteiger partial charge in [0.2, 0.25) is 0 Å². The van der Waals surface area contributed by atoms with Crippen LogP contribution in [0.4, 0.5) is 4.39 Å². The molecule has 0 saturated carbocycles. The molecule has 0 unspecified atom stereocenters. The minimum absolute atomic E-state index is 0.128. The Kier molecular flexibility index (Phi) is 6.27. The maximum Gasteiger partial charge on any atom is 0.256 e. The molecule has 138 valence electrons. The Morgan fingerprint density at radius 2 is 1.88 bits per heavy atom. The van der Waals surface area contributed by atoms with Gasteiger partial charge in [-0.15, -0.1) is 0 Å². The zero-order chi connectivity index (χ0) is 18.5. The number of halogens is 2. The van der Waals surface area contributed by atoms with Crippen molar-refractivity contribution in [3.8, 4) is 5.75 Å². The maximum atomic E-state index is 14.0. The summed E-state index contributed by atoms with van der Waals surface area (Å²) in [5, 5.41) is 0. The summed E-state index contributed by atoms with van der Waals surface area (Å²) < 4.78 is 19.9. The minimum atomic E-state index is -0.475. The summed E-state index contributed by atoms with van der Waals surface area (Å²) in [6.07, 6.45) is 0.873. The van der Waals surface area contributed by atoms with E-state index in [1.54, 1.807) is 24.1 Å².